The van der Waals surface area contributed by atoms with E-state index in [1.165, 1.54) is 0 Å². The van der Waals surface area contributed by atoms with Gasteiger partial charge in [0.1, 0.15) is 10.1 Å². The Bertz CT molecular complexity index is 676. The van der Waals surface area contributed by atoms with E-state index in [1.54, 1.807) is 0 Å². The zero-order valence-electron chi connectivity index (χ0n) is 9.55. The first-order chi connectivity index (χ1) is 8.72. The third-order valence-corrected chi connectivity index (χ3v) is 2.99. The molecule has 0 aliphatic heterocycles. The number of aromatic nitrogens is 2. The molecule has 2 aromatic heterocycles. The van der Waals surface area contributed by atoms with Crippen molar-refractivity contribution in [1.82, 2.24) is 9.97 Å². The Hall–Kier alpha value is -1.88. The molecule has 0 aliphatic rings. The van der Waals surface area contributed by atoms with Gasteiger partial charge in [-0.3, -0.25) is 0 Å². The second-order valence-corrected chi connectivity index (χ2v) is 4.54. The number of ether oxygens (including phenoxy) is 1. The summed E-state index contributed by atoms with van der Waals surface area (Å²) in [5, 5.41) is 0. The summed E-state index contributed by atoms with van der Waals surface area (Å²) < 4.78 is 11.7. The molecule has 0 radical (unpaired) electrons. The Kier molecular flexibility index (Phi) is 2.76. The number of fused-ring (bicyclic) bond motifs is 1. The van der Waals surface area contributed by atoms with Crippen molar-refractivity contribution < 1.29 is 9.15 Å². The van der Waals surface area contributed by atoms with E-state index in [1.807, 2.05) is 43.3 Å². The summed E-state index contributed by atoms with van der Waals surface area (Å²) in [6.45, 7) is 1.91. The lowest BCUT2D eigenvalue weighted by Gasteiger charge is -2.02. The number of oxazole rings is 1. The van der Waals surface area contributed by atoms with Crippen LogP contribution in [0.4, 0.5) is 0 Å². The van der Waals surface area contributed by atoms with E-state index in [9.17, 15) is 0 Å². The van der Waals surface area contributed by atoms with Gasteiger partial charge in [-0.15, -0.1) is 0 Å². The molecule has 4 nitrogen and oxygen atoms in total. The van der Waals surface area contributed by atoms with Gasteiger partial charge >= 0.3 is 6.08 Å². The molecule has 0 fully saturated rings. The molecule has 18 heavy (non-hydrogen) atoms. The number of hydrogen-bond acceptors (Lipinski definition) is 4. The van der Waals surface area contributed by atoms with Gasteiger partial charge in [-0.05, 0) is 47.1 Å². The molecule has 90 valence electrons. The number of nitrogens with zero attached hydrogens (tertiary/aromatic N) is 2. The second-order valence-electron chi connectivity index (χ2n) is 3.79. The van der Waals surface area contributed by atoms with Crippen molar-refractivity contribution >= 4 is 27.0 Å². The average molecular weight is 305 g/mol. The minimum atomic E-state index is 0.211. The zero-order chi connectivity index (χ0) is 12.5. The topological polar surface area (TPSA) is 48.2 Å². The normalized spacial score (nSPS) is 10.8. The molecule has 3 rings (SSSR count). The lowest BCUT2D eigenvalue weighted by Crippen LogP contribution is -1.89. The number of pyridine rings is 1. The van der Waals surface area contributed by atoms with Crippen molar-refractivity contribution in [2.75, 3.05) is 0 Å². The van der Waals surface area contributed by atoms with Crippen LogP contribution >= 0.6 is 15.9 Å². The van der Waals surface area contributed by atoms with Crippen molar-refractivity contribution in [1.29, 1.82) is 0 Å². The predicted molar refractivity (Wildman–Crippen MR) is 70.8 cm³/mol. The van der Waals surface area contributed by atoms with Gasteiger partial charge in [0.15, 0.2) is 11.3 Å². The second kappa shape index (κ2) is 4.42. The van der Waals surface area contributed by atoms with Crippen molar-refractivity contribution in [2.24, 2.45) is 0 Å². The quantitative estimate of drug-likeness (QED) is 0.669. The van der Waals surface area contributed by atoms with Crippen molar-refractivity contribution in [3.05, 3.63) is 46.7 Å². The van der Waals surface area contributed by atoms with Crippen LogP contribution in [0, 0.1) is 6.92 Å². The molecule has 0 bridgehead atoms. The molecular formula is C13H9BrN2O2. The maximum absolute atomic E-state index is 5.56. The van der Waals surface area contributed by atoms with Gasteiger partial charge in [-0.25, -0.2) is 4.98 Å². The van der Waals surface area contributed by atoms with Crippen LogP contribution in [-0.2, 0) is 0 Å². The largest absolute Gasteiger partial charge is 0.409 e. The summed E-state index contributed by atoms with van der Waals surface area (Å²) in [6, 6.07) is 11.2. The highest BCUT2D eigenvalue weighted by molar-refractivity contribution is 9.10. The smallest absolute Gasteiger partial charge is 0.400 e. The maximum Gasteiger partial charge on any atom is 0.400 e. The van der Waals surface area contributed by atoms with Gasteiger partial charge < -0.3 is 9.15 Å². The van der Waals surface area contributed by atoms with Crippen molar-refractivity contribution in [2.45, 2.75) is 6.92 Å². The third kappa shape index (κ3) is 2.09. The number of para-hydroxylation sites is 2. The minimum Gasteiger partial charge on any atom is -0.409 e. The minimum absolute atomic E-state index is 0.211. The van der Waals surface area contributed by atoms with Gasteiger partial charge in [0, 0.05) is 5.69 Å². The van der Waals surface area contributed by atoms with E-state index < -0.39 is 0 Å². The summed E-state index contributed by atoms with van der Waals surface area (Å²) in [5.41, 5.74) is 2.37. The van der Waals surface area contributed by atoms with Crippen LogP contribution < -0.4 is 4.74 Å². The predicted octanol–water partition coefficient (Wildman–Crippen LogP) is 4.09. The molecule has 3 aromatic rings. The highest BCUT2D eigenvalue weighted by Gasteiger charge is 2.10. The van der Waals surface area contributed by atoms with Gasteiger partial charge in [0.05, 0.1) is 0 Å². The van der Waals surface area contributed by atoms with Gasteiger partial charge in [0.2, 0.25) is 0 Å². The Labute approximate surface area is 112 Å². The van der Waals surface area contributed by atoms with Crippen LogP contribution in [0.25, 0.3) is 11.1 Å². The van der Waals surface area contributed by atoms with Crippen LogP contribution in [0.3, 0.4) is 0 Å². The van der Waals surface area contributed by atoms with Crippen LogP contribution in [-0.4, -0.2) is 9.97 Å². The highest BCUT2D eigenvalue weighted by atomic mass is 79.9. The van der Waals surface area contributed by atoms with E-state index >= 15 is 0 Å². The van der Waals surface area contributed by atoms with Crippen LogP contribution in [0.5, 0.6) is 11.8 Å². The van der Waals surface area contributed by atoms with Crippen LogP contribution in [0.1, 0.15) is 5.69 Å². The number of halogens is 1. The summed E-state index contributed by atoms with van der Waals surface area (Å²) in [7, 11) is 0. The summed E-state index contributed by atoms with van der Waals surface area (Å²) in [4.78, 5) is 8.48. The number of benzene rings is 1. The van der Waals surface area contributed by atoms with Crippen molar-refractivity contribution in [3.63, 3.8) is 0 Å². The molecule has 0 unspecified atom stereocenters. The van der Waals surface area contributed by atoms with Crippen LogP contribution in [0.15, 0.2) is 45.4 Å². The molecule has 0 aliphatic carbocycles. The molecule has 2 heterocycles. The number of hydrogen-bond donors (Lipinski definition) is 0. The Balaban J connectivity index is 1.96. The van der Waals surface area contributed by atoms with E-state index in [2.05, 4.69) is 25.9 Å². The fourth-order valence-electron chi connectivity index (χ4n) is 1.58. The summed E-state index contributed by atoms with van der Waals surface area (Å²) in [5.74, 6) is 0.576. The SMILES string of the molecule is Cc1ccc(Oc2nc3ccccc3o2)c(Br)n1. The molecule has 5 heteroatoms. The van der Waals surface area contributed by atoms with Gasteiger partial charge in [0.25, 0.3) is 0 Å². The molecule has 0 saturated heterocycles. The first-order valence-electron chi connectivity index (χ1n) is 5.39. The van der Waals surface area contributed by atoms with Crippen molar-refractivity contribution in [3.8, 4) is 11.8 Å². The monoisotopic (exact) mass is 304 g/mol. The zero-order valence-corrected chi connectivity index (χ0v) is 11.1. The fraction of sp³-hybridized carbons (Fsp3) is 0.0769. The van der Waals surface area contributed by atoms with E-state index in [-0.39, 0.29) is 6.08 Å². The first kappa shape index (κ1) is 11.2. The Morgan fingerprint density at radius 1 is 1.11 bits per heavy atom. The van der Waals surface area contributed by atoms with E-state index in [0.717, 1.165) is 11.2 Å². The number of aryl methyl sites for hydroxylation is 1. The maximum atomic E-state index is 5.56. The van der Waals surface area contributed by atoms with Gasteiger partial charge in [-0.1, -0.05) is 12.1 Å². The first-order valence-corrected chi connectivity index (χ1v) is 6.18. The lowest BCUT2D eigenvalue weighted by molar-refractivity contribution is 0.340. The molecule has 0 amide bonds. The fourth-order valence-corrected chi connectivity index (χ4v) is 2.07. The summed E-state index contributed by atoms with van der Waals surface area (Å²) in [6.07, 6.45) is 0.211. The van der Waals surface area contributed by atoms with Gasteiger partial charge in [-0.2, -0.15) is 4.98 Å². The molecule has 0 spiro atoms. The molecule has 0 N–H and O–H groups in total. The molecule has 1 aromatic carbocycles. The highest BCUT2D eigenvalue weighted by Crippen LogP contribution is 2.29. The Morgan fingerprint density at radius 3 is 2.72 bits per heavy atom. The molecular weight excluding hydrogens is 296 g/mol. The number of rotatable bonds is 2. The molecule has 0 saturated carbocycles. The average Bonchev–Trinajstić information content (AvgIpc) is 2.75. The standard InChI is InChI=1S/C13H9BrN2O2/c1-8-6-7-11(12(14)15-8)18-13-16-9-4-2-3-5-10(9)17-13/h2-7H,1H3. The third-order valence-electron chi connectivity index (χ3n) is 2.43. The molecule has 0 atom stereocenters. The lowest BCUT2D eigenvalue weighted by atomic mass is 10.3. The van der Waals surface area contributed by atoms with Crippen LogP contribution in [0.2, 0.25) is 0 Å². The van der Waals surface area contributed by atoms with E-state index in [0.29, 0.717) is 15.9 Å². The Morgan fingerprint density at radius 2 is 1.94 bits per heavy atom. The van der Waals surface area contributed by atoms with E-state index in [4.69, 9.17) is 9.15 Å². The summed E-state index contributed by atoms with van der Waals surface area (Å²) >= 11 is 3.34.